The second-order valence-electron chi connectivity index (χ2n) is 6.94. The van der Waals surface area contributed by atoms with Gasteiger partial charge in [0.2, 0.25) is 5.89 Å². The van der Waals surface area contributed by atoms with Crippen molar-refractivity contribution >= 4 is 12.2 Å². The van der Waals surface area contributed by atoms with Gasteiger partial charge >= 0.3 is 12.2 Å². The monoisotopic (exact) mass is 328 g/mol. The Kier molecular flexibility index (Phi) is 5.76. The van der Waals surface area contributed by atoms with Crippen LogP contribution in [0.25, 0.3) is 0 Å². The Balaban J connectivity index is 2.95. The summed E-state index contributed by atoms with van der Waals surface area (Å²) in [4.78, 5) is 29.2. The van der Waals surface area contributed by atoms with Gasteiger partial charge in [-0.25, -0.2) is 19.5 Å². The molecule has 0 saturated heterocycles. The molecule has 0 atom stereocenters. The number of amides is 2. The van der Waals surface area contributed by atoms with Crippen LogP contribution in [0, 0.1) is 0 Å². The molecule has 0 fully saturated rings. The number of hydrogen-bond acceptors (Lipinski definition) is 7. The minimum absolute atomic E-state index is 0.0887. The fraction of sp³-hybridized carbons (Fsp3) is 0.667. The molecule has 130 valence electrons. The van der Waals surface area contributed by atoms with Crippen molar-refractivity contribution in [2.24, 2.45) is 0 Å². The average Bonchev–Trinajstić information content (AvgIpc) is 2.79. The number of nitrogens with zero attached hydrogens (tertiary/aromatic N) is 2. The van der Waals surface area contributed by atoms with E-state index in [9.17, 15) is 9.59 Å². The maximum Gasteiger partial charge on any atom is 0.420 e. The third-order valence-electron chi connectivity index (χ3n) is 2.28. The fourth-order valence-corrected chi connectivity index (χ4v) is 1.47. The van der Waals surface area contributed by atoms with Crippen molar-refractivity contribution in [3.05, 3.63) is 17.8 Å². The van der Waals surface area contributed by atoms with Gasteiger partial charge in [-0.2, -0.15) is 0 Å². The molecule has 1 aromatic rings. The Labute approximate surface area is 135 Å². The van der Waals surface area contributed by atoms with E-state index in [1.165, 1.54) is 6.26 Å². The average molecular weight is 328 g/mol. The van der Waals surface area contributed by atoms with Crippen molar-refractivity contribution < 1.29 is 28.6 Å². The van der Waals surface area contributed by atoms with Crippen LogP contribution in [0.4, 0.5) is 9.59 Å². The predicted octanol–water partition coefficient (Wildman–Crippen LogP) is 2.84. The first-order valence-electron chi connectivity index (χ1n) is 7.19. The first-order valence-corrected chi connectivity index (χ1v) is 7.19. The first-order chi connectivity index (χ1) is 10.4. The van der Waals surface area contributed by atoms with Crippen LogP contribution in [0.15, 0.2) is 10.7 Å². The summed E-state index contributed by atoms with van der Waals surface area (Å²) in [6.45, 7) is 9.56. The van der Waals surface area contributed by atoms with E-state index in [0.717, 1.165) is 4.90 Å². The SMILES string of the molecule is CC(C)(C)OC(=O)N(Cc1nc(CO)co1)C(=O)OC(C)(C)C. The van der Waals surface area contributed by atoms with Gasteiger partial charge in [0.25, 0.3) is 0 Å². The van der Waals surface area contributed by atoms with E-state index in [-0.39, 0.29) is 19.0 Å². The summed E-state index contributed by atoms with van der Waals surface area (Å²) in [5.41, 5.74) is -1.25. The molecule has 0 bridgehead atoms. The van der Waals surface area contributed by atoms with Gasteiger partial charge in [-0.1, -0.05) is 0 Å². The molecule has 0 aromatic carbocycles. The molecule has 23 heavy (non-hydrogen) atoms. The lowest BCUT2D eigenvalue weighted by Crippen LogP contribution is -2.43. The minimum Gasteiger partial charge on any atom is -0.447 e. The number of aliphatic hydroxyl groups is 1. The largest absolute Gasteiger partial charge is 0.447 e. The lowest BCUT2D eigenvalue weighted by Gasteiger charge is -2.27. The van der Waals surface area contributed by atoms with Gasteiger partial charge in [0.1, 0.15) is 29.7 Å². The van der Waals surface area contributed by atoms with Crippen LogP contribution in [0.1, 0.15) is 53.1 Å². The standard InChI is InChI=1S/C15H24N2O6/c1-14(2,3)22-12(19)17(13(20)23-15(4,5)6)7-11-16-10(8-18)9-21-11/h9,18H,7-8H2,1-6H3. The molecule has 1 aromatic heterocycles. The number of carbonyl (C=O) groups is 2. The third-order valence-corrected chi connectivity index (χ3v) is 2.28. The molecular formula is C15H24N2O6. The molecule has 2 amide bonds. The summed E-state index contributed by atoms with van der Waals surface area (Å²) < 4.78 is 15.5. The summed E-state index contributed by atoms with van der Waals surface area (Å²) in [7, 11) is 0. The van der Waals surface area contributed by atoms with Crippen LogP contribution in [0.3, 0.4) is 0 Å². The molecule has 0 saturated carbocycles. The molecule has 0 radical (unpaired) electrons. The number of aromatic nitrogens is 1. The number of hydrogen-bond donors (Lipinski definition) is 1. The molecule has 8 heteroatoms. The van der Waals surface area contributed by atoms with Gasteiger partial charge in [-0.05, 0) is 41.5 Å². The van der Waals surface area contributed by atoms with Crippen LogP contribution < -0.4 is 0 Å². The summed E-state index contributed by atoms with van der Waals surface area (Å²) in [6.07, 6.45) is -0.483. The fourth-order valence-electron chi connectivity index (χ4n) is 1.47. The summed E-state index contributed by atoms with van der Waals surface area (Å²) in [5, 5.41) is 8.99. The first kappa shape index (κ1) is 19.0. The van der Waals surface area contributed by atoms with E-state index in [0.29, 0.717) is 5.69 Å². The van der Waals surface area contributed by atoms with E-state index >= 15 is 0 Å². The molecule has 0 aliphatic heterocycles. The van der Waals surface area contributed by atoms with Gasteiger partial charge in [0.05, 0.1) is 6.61 Å². The van der Waals surface area contributed by atoms with Crippen molar-refractivity contribution in [2.75, 3.05) is 0 Å². The quantitative estimate of drug-likeness (QED) is 0.910. The van der Waals surface area contributed by atoms with Crippen molar-refractivity contribution in [3.8, 4) is 0 Å². The molecule has 1 N–H and O–H groups in total. The lowest BCUT2D eigenvalue weighted by molar-refractivity contribution is -0.00175. The molecule has 0 aliphatic carbocycles. The van der Waals surface area contributed by atoms with E-state index < -0.39 is 23.4 Å². The Bertz CT molecular complexity index is 525. The van der Waals surface area contributed by atoms with Gasteiger partial charge in [0.15, 0.2) is 0 Å². The Morgan fingerprint density at radius 3 is 1.96 bits per heavy atom. The highest BCUT2D eigenvalue weighted by molar-refractivity contribution is 5.88. The van der Waals surface area contributed by atoms with Crippen LogP contribution in [-0.2, 0) is 22.6 Å². The van der Waals surface area contributed by atoms with Gasteiger partial charge in [-0.3, -0.25) is 0 Å². The molecular weight excluding hydrogens is 304 g/mol. The van der Waals surface area contributed by atoms with E-state index in [2.05, 4.69) is 4.98 Å². The zero-order valence-electron chi connectivity index (χ0n) is 14.4. The zero-order valence-corrected chi connectivity index (χ0v) is 14.4. The van der Waals surface area contributed by atoms with Gasteiger partial charge < -0.3 is 19.0 Å². The van der Waals surface area contributed by atoms with Crippen LogP contribution in [-0.4, -0.2) is 38.4 Å². The van der Waals surface area contributed by atoms with E-state index in [4.69, 9.17) is 19.0 Å². The highest BCUT2D eigenvalue weighted by Gasteiger charge is 2.32. The minimum atomic E-state index is -0.865. The molecule has 0 spiro atoms. The smallest absolute Gasteiger partial charge is 0.420 e. The molecule has 1 heterocycles. The van der Waals surface area contributed by atoms with Crippen molar-refractivity contribution in [1.29, 1.82) is 0 Å². The number of imide groups is 1. The van der Waals surface area contributed by atoms with Crippen molar-refractivity contribution in [2.45, 2.75) is 65.9 Å². The van der Waals surface area contributed by atoms with Gasteiger partial charge in [-0.15, -0.1) is 0 Å². The predicted molar refractivity (Wildman–Crippen MR) is 80.4 cm³/mol. The molecule has 0 unspecified atom stereocenters. The van der Waals surface area contributed by atoms with Crippen molar-refractivity contribution in [1.82, 2.24) is 9.88 Å². The summed E-state index contributed by atoms with van der Waals surface area (Å²) >= 11 is 0. The second-order valence-corrected chi connectivity index (χ2v) is 6.94. The maximum absolute atomic E-state index is 12.3. The highest BCUT2D eigenvalue weighted by atomic mass is 16.6. The Hall–Kier alpha value is -2.09. The van der Waals surface area contributed by atoms with E-state index in [1.54, 1.807) is 41.5 Å². The van der Waals surface area contributed by atoms with Gasteiger partial charge in [0, 0.05) is 0 Å². The molecule has 8 nitrogen and oxygen atoms in total. The van der Waals surface area contributed by atoms with Crippen LogP contribution in [0.2, 0.25) is 0 Å². The second kappa shape index (κ2) is 6.99. The lowest BCUT2D eigenvalue weighted by atomic mass is 10.2. The molecule has 1 rings (SSSR count). The highest BCUT2D eigenvalue weighted by Crippen LogP contribution is 2.17. The Morgan fingerprint density at radius 2 is 1.61 bits per heavy atom. The number of rotatable bonds is 3. The summed E-state index contributed by atoms with van der Waals surface area (Å²) in [5.74, 6) is 0.0887. The Morgan fingerprint density at radius 1 is 1.13 bits per heavy atom. The van der Waals surface area contributed by atoms with Crippen LogP contribution >= 0.6 is 0 Å². The number of ether oxygens (including phenoxy) is 2. The summed E-state index contributed by atoms with van der Waals surface area (Å²) in [6, 6.07) is 0. The van der Waals surface area contributed by atoms with Crippen LogP contribution in [0.5, 0.6) is 0 Å². The number of oxazole rings is 1. The topological polar surface area (TPSA) is 102 Å². The number of carbonyl (C=O) groups excluding carboxylic acids is 2. The number of aliphatic hydroxyl groups excluding tert-OH is 1. The normalized spacial score (nSPS) is 12.0. The third kappa shape index (κ3) is 6.68. The van der Waals surface area contributed by atoms with E-state index in [1.807, 2.05) is 0 Å². The zero-order chi connectivity index (χ0) is 17.8. The maximum atomic E-state index is 12.3. The van der Waals surface area contributed by atoms with Crippen molar-refractivity contribution in [3.63, 3.8) is 0 Å². The molecule has 0 aliphatic rings.